The van der Waals surface area contributed by atoms with E-state index in [1.54, 1.807) is 0 Å². The highest BCUT2D eigenvalue weighted by Gasteiger charge is 2.16. The van der Waals surface area contributed by atoms with Crippen LogP contribution in [-0.2, 0) is 11.3 Å². The van der Waals surface area contributed by atoms with Gasteiger partial charge in [-0.2, -0.15) is 0 Å². The number of hydrogen-bond donors (Lipinski definition) is 1. The van der Waals surface area contributed by atoms with Gasteiger partial charge >= 0.3 is 6.09 Å². The van der Waals surface area contributed by atoms with Gasteiger partial charge < -0.3 is 14.8 Å². The molecule has 1 amide bonds. The van der Waals surface area contributed by atoms with E-state index in [4.69, 9.17) is 9.47 Å². The number of aromatic nitrogens is 1. The Kier molecular flexibility index (Phi) is 7.25. The molecule has 1 N–H and O–H groups in total. The predicted octanol–water partition coefficient (Wildman–Crippen LogP) is 5.00. The number of carbonyl (C=O) groups is 1. The van der Waals surface area contributed by atoms with Gasteiger partial charge in [0.1, 0.15) is 16.4 Å². The third kappa shape index (κ3) is 7.04. The summed E-state index contributed by atoms with van der Waals surface area (Å²) in [5.74, 6) is 0.853. The van der Waals surface area contributed by atoms with Gasteiger partial charge in [-0.05, 0) is 51.5 Å². The van der Waals surface area contributed by atoms with Crippen LogP contribution in [0.15, 0.2) is 29.6 Å². The lowest BCUT2D eigenvalue weighted by molar-refractivity contribution is 0.0523. The number of hydrogen-bond acceptors (Lipinski definition) is 5. The molecule has 0 aliphatic rings. The molecule has 0 aliphatic carbocycles. The first kappa shape index (κ1) is 19.7. The Bertz CT molecular complexity index is 680. The van der Waals surface area contributed by atoms with Gasteiger partial charge in [0.05, 0.1) is 18.8 Å². The predicted molar refractivity (Wildman–Crippen MR) is 105 cm³/mol. The summed E-state index contributed by atoms with van der Waals surface area (Å²) in [5.41, 5.74) is 1.40. The van der Waals surface area contributed by atoms with E-state index in [0.29, 0.717) is 13.2 Å². The molecule has 0 aliphatic heterocycles. The van der Waals surface area contributed by atoms with E-state index < -0.39 is 11.7 Å². The second kappa shape index (κ2) is 9.20. The Morgan fingerprint density at radius 3 is 2.64 bits per heavy atom. The van der Waals surface area contributed by atoms with Crippen LogP contribution in [0.25, 0.3) is 11.3 Å². The first-order valence-corrected chi connectivity index (χ1v) is 10.1. The van der Waals surface area contributed by atoms with Gasteiger partial charge in [0.15, 0.2) is 0 Å². The molecule has 1 aromatic carbocycles. The topological polar surface area (TPSA) is 60.5 Å². The number of nitrogens with one attached hydrogen (secondary N) is 1. The molecule has 0 saturated heterocycles. The van der Waals surface area contributed by atoms with E-state index in [9.17, 15) is 4.79 Å². The number of ether oxygens (including phenoxy) is 2. The lowest BCUT2D eigenvalue weighted by atomic mass is 10.2. The maximum Gasteiger partial charge on any atom is 0.408 e. The first-order chi connectivity index (χ1) is 11.9. The molecule has 0 radical (unpaired) electrons. The Hall–Kier alpha value is -1.60. The van der Waals surface area contributed by atoms with Gasteiger partial charge in [-0.15, -0.1) is 11.3 Å². The molecule has 0 spiro atoms. The van der Waals surface area contributed by atoms with Crippen molar-refractivity contribution in [1.29, 1.82) is 0 Å². The van der Waals surface area contributed by atoms with Crippen LogP contribution in [0.5, 0.6) is 5.75 Å². The standard InChI is InChI=1S/C18H23BrN2O3S/c1-18(2,3)24-17(22)20-11-16-21-15(12-25-16)13-5-7-14(8-6-13)23-10-4-9-19/h5-8,12H,4,9-11H2,1-3H3,(H,20,22). The lowest BCUT2D eigenvalue weighted by Crippen LogP contribution is -2.32. The summed E-state index contributed by atoms with van der Waals surface area (Å²) in [6.07, 6.45) is 0.538. The molecule has 0 atom stereocenters. The highest BCUT2D eigenvalue weighted by Crippen LogP contribution is 2.24. The highest BCUT2D eigenvalue weighted by atomic mass is 79.9. The third-order valence-electron chi connectivity index (χ3n) is 3.03. The number of alkyl carbamates (subject to hydrolysis) is 1. The molecule has 2 aromatic rings. The maximum absolute atomic E-state index is 11.7. The van der Waals surface area contributed by atoms with E-state index in [2.05, 4.69) is 26.2 Å². The number of thiazole rings is 1. The molecule has 1 heterocycles. The minimum absolute atomic E-state index is 0.354. The fraction of sp³-hybridized carbons (Fsp3) is 0.444. The number of amides is 1. The molecule has 7 heteroatoms. The van der Waals surface area contributed by atoms with Crippen molar-refractivity contribution in [3.8, 4) is 17.0 Å². The lowest BCUT2D eigenvalue weighted by Gasteiger charge is -2.19. The smallest absolute Gasteiger partial charge is 0.408 e. The van der Waals surface area contributed by atoms with Gasteiger partial charge in [-0.25, -0.2) is 9.78 Å². The summed E-state index contributed by atoms with van der Waals surface area (Å²) in [5, 5.41) is 6.47. The zero-order valence-corrected chi connectivity index (χ0v) is 17.1. The van der Waals surface area contributed by atoms with Crippen molar-refractivity contribution in [2.45, 2.75) is 39.3 Å². The van der Waals surface area contributed by atoms with Crippen molar-refractivity contribution in [3.63, 3.8) is 0 Å². The largest absolute Gasteiger partial charge is 0.494 e. The number of rotatable bonds is 7. The van der Waals surface area contributed by atoms with Crippen LogP contribution in [-0.4, -0.2) is 28.6 Å². The van der Waals surface area contributed by atoms with Crippen LogP contribution in [0.2, 0.25) is 0 Å². The summed E-state index contributed by atoms with van der Waals surface area (Å²) in [7, 11) is 0. The molecule has 5 nitrogen and oxygen atoms in total. The van der Waals surface area contributed by atoms with Gasteiger partial charge in [0.25, 0.3) is 0 Å². The quantitative estimate of drug-likeness (QED) is 0.499. The molecule has 0 unspecified atom stereocenters. The minimum atomic E-state index is -0.504. The molecular weight excluding hydrogens is 404 g/mol. The number of benzene rings is 1. The molecule has 1 aromatic heterocycles. The molecular formula is C18H23BrN2O3S. The molecule has 0 fully saturated rings. The Balaban J connectivity index is 1.89. The monoisotopic (exact) mass is 426 g/mol. The van der Waals surface area contributed by atoms with E-state index >= 15 is 0 Å². The SMILES string of the molecule is CC(C)(C)OC(=O)NCc1nc(-c2ccc(OCCCBr)cc2)cs1. The van der Waals surface area contributed by atoms with Crippen molar-refractivity contribution in [2.75, 3.05) is 11.9 Å². The van der Waals surface area contributed by atoms with E-state index in [1.807, 2.05) is 50.4 Å². The number of carbonyl (C=O) groups excluding carboxylic acids is 1. The van der Waals surface area contributed by atoms with Crippen LogP contribution in [0, 0.1) is 0 Å². The first-order valence-electron chi connectivity index (χ1n) is 8.08. The van der Waals surface area contributed by atoms with E-state index in [0.717, 1.165) is 33.8 Å². The second-order valence-corrected chi connectivity index (χ2v) is 8.13. The Morgan fingerprint density at radius 2 is 2.00 bits per heavy atom. The molecule has 0 bridgehead atoms. The van der Waals surface area contributed by atoms with Crippen LogP contribution >= 0.6 is 27.3 Å². The highest BCUT2D eigenvalue weighted by molar-refractivity contribution is 9.09. The van der Waals surface area contributed by atoms with Crippen molar-refractivity contribution in [2.24, 2.45) is 0 Å². The van der Waals surface area contributed by atoms with Crippen molar-refractivity contribution in [1.82, 2.24) is 10.3 Å². The fourth-order valence-corrected chi connectivity index (χ4v) is 2.93. The van der Waals surface area contributed by atoms with Gasteiger partial charge in [0.2, 0.25) is 0 Å². The van der Waals surface area contributed by atoms with Gasteiger partial charge in [-0.1, -0.05) is 15.9 Å². The van der Waals surface area contributed by atoms with Gasteiger partial charge in [0, 0.05) is 16.3 Å². The summed E-state index contributed by atoms with van der Waals surface area (Å²) in [6, 6.07) is 7.87. The van der Waals surface area contributed by atoms with Crippen molar-refractivity contribution in [3.05, 3.63) is 34.7 Å². The van der Waals surface area contributed by atoms with E-state index in [1.165, 1.54) is 11.3 Å². The van der Waals surface area contributed by atoms with Crippen LogP contribution in [0.1, 0.15) is 32.2 Å². The molecule has 0 saturated carbocycles. The minimum Gasteiger partial charge on any atom is -0.494 e. The van der Waals surface area contributed by atoms with Crippen molar-refractivity contribution >= 4 is 33.4 Å². The maximum atomic E-state index is 11.7. The number of halogens is 1. The normalized spacial score (nSPS) is 11.2. The third-order valence-corrected chi connectivity index (χ3v) is 4.44. The average molecular weight is 427 g/mol. The van der Waals surface area contributed by atoms with E-state index in [-0.39, 0.29) is 0 Å². The molecule has 2 rings (SSSR count). The summed E-state index contributed by atoms with van der Waals surface area (Å²) in [6.45, 7) is 6.55. The number of alkyl halides is 1. The summed E-state index contributed by atoms with van der Waals surface area (Å²) in [4.78, 5) is 16.2. The van der Waals surface area contributed by atoms with Gasteiger partial charge in [-0.3, -0.25) is 0 Å². The van der Waals surface area contributed by atoms with Crippen LogP contribution < -0.4 is 10.1 Å². The summed E-state index contributed by atoms with van der Waals surface area (Å²) >= 11 is 4.89. The zero-order chi connectivity index (χ0) is 18.3. The second-order valence-electron chi connectivity index (χ2n) is 6.40. The Labute approximate surface area is 160 Å². The zero-order valence-electron chi connectivity index (χ0n) is 14.7. The average Bonchev–Trinajstić information content (AvgIpc) is 3.01. The number of nitrogens with zero attached hydrogens (tertiary/aromatic N) is 1. The van der Waals surface area contributed by atoms with Crippen LogP contribution in [0.3, 0.4) is 0 Å². The summed E-state index contributed by atoms with van der Waals surface area (Å²) < 4.78 is 10.9. The van der Waals surface area contributed by atoms with Crippen molar-refractivity contribution < 1.29 is 14.3 Å². The molecule has 25 heavy (non-hydrogen) atoms. The Morgan fingerprint density at radius 1 is 1.28 bits per heavy atom. The molecule has 136 valence electrons. The van der Waals surface area contributed by atoms with Crippen LogP contribution in [0.4, 0.5) is 4.79 Å². The fourth-order valence-electron chi connectivity index (χ4n) is 1.95.